The number of pyridine rings is 1. The van der Waals surface area contributed by atoms with Gasteiger partial charge in [-0.25, -0.2) is 8.42 Å². The van der Waals surface area contributed by atoms with E-state index in [9.17, 15) is 13.2 Å². The first-order chi connectivity index (χ1) is 8.78. The molecule has 0 saturated heterocycles. The molecule has 19 heavy (non-hydrogen) atoms. The van der Waals surface area contributed by atoms with Crippen LogP contribution in [-0.4, -0.2) is 48.5 Å². The lowest BCUT2D eigenvalue weighted by Crippen LogP contribution is -2.40. The van der Waals surface area contributed by atoms with Gasteiger partial charge in [0.2, 0.25) is 10.0 Å². The Morgan fingerprint density at radius 3 is 2.58 bits per heavy atom. The first-order valence-electron chi connectivity index (χ1n) is 5.51. The number of aromatic nitrogens is 1. The van der Waals surface area contributed by atoms with E-state index in [0.29, 0.717) is 5.75 Å². The van der Waals surface area contributed by atoms with E-state index in [1.54, 1.807) is 13.8 Å². The van der Waals surface area contributed by atoms with Crippen LogP contribution in [0, 0.1) is 0 Å². The Hall–Kier alpha value is -1.67. The highest BCUT2D eigenvalue weighted by Crippen LogP contribution is 2.20. The van der Waals surface area contributed by atoms with Crippen LogP contribution < -0.4 is 4.74 Å². The van der Waals surface area contributed by atoms with Crippen LogP contribution in [0.4, 0.5) is 0 Å². The maximum Gasteiger partial charge on any atom is 0.318 e. The summed E-state index contributed by atoms with van der Waals surface area (Å²) in [6.07, 6.45) is 2.53. The normalized spacial score (nSPS) is 11.8. The van der Waals surface area contributed by atoms with Gasteiger partial charge in [0.15, 0.2) is 0 Å². The number of aliphatic carboxylic acids is 1. The Labute approximate surface area is 111 Å². The average molecular weight is 288 g/mol. The molecule has 0 unspecified atom stereocenters. The van der Waals surface area contributed by atoms with E-state index in [-0.39, 0.29) is 4.90 Å². The Kier molecular flexibility index (Phi) is 4.84. The number of methoxy groups -OCH3 is 1. The van der Waals surface area contributed by atoms with Crippen LogP contribution in [0.15, 0.2) is 23.4 Å². The molecule has 1 rings (SSSR count). The van der Waals surface area contributed by atoms with Crippen LogP contribution in [0.3, 0.4) is 0 Å². The van der Waals surface area contributed by atoms with Gasteiger partial charge in [-0.05, 0) is 13.8 Å². The maximum absolute atomic E-state index is 12.3. The minimum absolute atomic E-state index is 0.0956. The summed E-state index contributed by atoms with van der Waals surface area (Å²) < 4.78 is 30.5. The zero-order valence-electron chi connectivity index (χ0n) is 10.9. The highest BCUT2D eigenvalue weighted by Gasteiger charge is 2.29. The summed E-state index contributed by atoms with van der Waals surface area (Å²) >= 11 is 0. The molecule has 8 heteroatoms. The van der Waals surface area contributed by atoms with Crippen LogP contribution in [-0.2, 0) is 14.8 Å². The summed E-state index contributed by atoms with van der Waals surface area (Å²) in [6.45, 7) is 2.61. The lowest BCUT2D eigenvalue weighted by molar-refractivity contribution is -0.137. The van der Waals surface area contributed by atoms with E-state index in [1.807, 2.05) is 0 Å². The van der Waals surface area contributed by atoms with Crippen LogP contribution >= 0.6 is 0 Å². The van der Waals surface area contributed by atoms with Crippen LogP contribution in [0.25, 0.3) is 0 Å². The zero-order chi connectivity index (χ0) is 14.6. The summed E-state index contributed by atoms with van der Waals surface area (Å²) in [6, 6.07) is 0.826. The maximum atomic E-state index is 12.3. The van der Waals surface area contributed by atoms with E-state index in [1.165, 1.54) is 19.4 Å². The van der Waals surface area contributed by atoms with Crippen molar-refractivity contribution >= 4 is 16.0 Å². The van der Waals surface area contributed by atoms with Crippen LogP contribution in [0.2, 0.25) is 0 Å². The molecule has 0 aliphatic carbocycles. The summed E-state index contributed by atoms with van der Waals surface area (Å²) in [5.41, 5.74) is 0. The molecule has 0 aliphatic rings. The fourth-order valence-corrected chi connectivity index (χ4v) is 3.03. The van der Waals surface area contributed by atoms with Crippen molar-refractivity contribution in [3.63, 3.8) is 0 Å². The van der Waals surface area contributed by atoms with E-state index in [0.717, 1.165) is 10.5 Å². The van der Waals surface area contributed by atoms with Gasteiger partial charge in [0.05, 0.1) is 13.3 Å². The third-order valence-electron chi connectivity index (χ3n) is 2.40. The van der Waals surface area contributed by atoms with E-state index >= 15 is 0 Å². The standard InChI is InChI=1S/C11H16N2O5S/c1-8(2)13(7-11(14)15)19(16,17)10-4-9(18-3)5-12-6-10/h4-6,8H,7H2,1-3H3,(H,14,15). The molecule has 1 heterocycles. The molecule has 0 aliphatic heterocycles. The molecule has 106 valence electrons. The lowest BCUT2D eigenvalue weighted by Gasteiger charge is -2.24. The third-order valence-corrected chi connectivity index (χ3v) is 4.38. The molecular formula is C11H16N2O5S. The smallest absolute Gasteiger partial charge is 0.318 e. The number of carboxylic acid groups (broad SMARTS) is 1. The molecule has 7 nitrogen and oxygen atoms in total. The van der Waals surface area contributed by atoms with Crippen molar-refractivity contribution in [3.8, 4) is 5.75 Å². The molecule has 0 bridgehead atoms. The van der Waals surface area contributed by atoms with E-state index in [2.05, 4.69) is 4.98 Å². The predicted molar refractivity (Wildman–Crippen MR) is 67.5 cm³/mol. The highest BCUT2D eigenvalue weighted by atomic mass is 32.2. The van der Waals surface area contributed by atoms with Gasteiger partial charge in [-0.2, -0.15) is 4.31 Å². The number of rotatable bonds is 6. The van der Waals surface area contributed by atoms with Crippen molar-refractivity contribution in [2.24, 2.45) is 0 Å². The highest BCUT2D eigenvalue weighted by molar-refractivity contribution is 7.89. The van der Waals surface area contributed by atoms with Gasteiger partial charge in [-0.1, -0.05) is 0 Å². The summed E-state index contributed by atoms with van der Waals surface area (Å²) in [5, 5.41) is 8.80. The second kappa shape index (κ2) is 5.98. The number of ether oxygens (including phenoxy) is 1. The summed E-state index contributed by atoms with van der Waals surface area (Å²) in [4.78, 5) is 14.4. The van der Waals surface area contributed by atoms with E-state index in [4.69, 9.17) is 9.84 Å². The average Bonchev–Trinajstić information content (AvgIpc) is 2.35. The van der Waals surface area contributed by atoms with Crippen molar-refractivity contribution < 1.29 is 23.1 Å². The number of hydrogen-bond acceptors (Lipinski definition) is 5. The third kappa shape index (κ3) is 3.65. The molecule has 0 saturated carbocycles. The van der Waals surface area contributed by atoms with Crippen molar-refractivity contribution in [1.29, 1.82) is 0 Å². The largest absolute Gasteiger partial charge is 0.495 e. The molecule has 0 atom stereocenters. The number of sulfonamides is 1. The molecule has 1 N–H and O–H groups in total. The Balaban J connectivity index is 3.22. The molecule has 1 aromatic rings. The second-order valence-corrected chi connectivity index (χ2v) is 5.99. The van der Waals surface area contributed by atoms with Crippen molar-refractivity contribution in [3.05, 3.63) is 18.5 Å². The van der Waals surface area contributed by atoms with Gasteiger partial charge in [0, 0.05) is 18.3 Å². The first-order valence-corrected chi connectivity index (χ1v) is 6.95. The molecule has 1 aromatic heterocycles. The molecule has 0 amide bonds. The SMILES string of the molecule is COc1cncc(S(=O)(=O)N(CC(=O)O)C(C)C)c1. The molecular weight excluding hydrogens is 272 g/mol. The first kappa shape index (κ1) is 15.4. The van der Waals surface area contributed by atoms with Gasteiger partial charge in [-0.15, -0.1) is 0 Å². The topological polar surface area (TPSA) is 96.8 Å². The number of nitrogens with zero attached hydrogens (tertiary/aromatic N) is 2. The van der Waals surface area contributed by atoms with Gasteiger partial charge in [-0.3, -0.25) is 9.78 Å². The summed E-state index contributed by atoms with van der Waals surface area (Å²) in [7, 11) is -2.52. The molecule has 0 radical (unpaired) electrons. The quantitative estimate of drug-likeness (QED) is 0.822. The fraction of sp³-hybridized carbons (Fsp3) is 0.455. The monoisotopic (exact) mass is 288 g/mol. The molecule has 0 spiro atoms. The van der Waals surface area contributed by atoms with Crippen LogP contribution in [0.5, 0.6) is 5.75 Å². The predicted octanol–water partition coefficient (Wildman–Crippen LogP) is 0.574. The van der Waals surface area contributed by atoms with Gasteiger partial charge in [0.25, 0.3) is 0 Å². The van der Waals surface area contributed by atoms with Crippen molar-refractivity contribution in [2.45, 2.75) is 24.8 Å². The van der Waals surface area contributed by atoms with Crippen molar-refractivity contribution in [2.75, 3.05) is 13.7 Å². The van der Waals surface area contributed by atoms with E-state index < -0.39 is 28.6 Å². The minimum Gasteiger partial charge on any atom is -0.495 e. The minimum atomic E-state index is -3.92. The van der Waals surface area contributed by atoms with Gasteiger partial charge < -0.3 is 9.84 Å². The lowest BCUT2D eigenvalue weighted by atomic mass is 10.4. The van der Waals surface area contributed by atoms with Gasteiger partial charge >= 0.3 is 5.97 Å². The number of hydrogen-bond donors (Lipinski definition) is 1. The Morgan fingerprint density at radius 2 is 2.11 bits per heavy atom. The molecule has 0 aromatic carbocycles. The Morgan fingerprint density at radius 1 is 1.47 bits per heavy atom. The number of carboxylic acids is 1. The number of carbonyl (C=O) groups is 1. The van der Waals surface area contributed by atoms with Crippen LogP contribution in [0.1, 0.15) is 13.8 Å². The zero-order valence-corrected chi connectivity index (χ0v) is 11.7. The summed E-state index contributed by atoms with van der Waals surface area (Å²) in [5.74, 6) is -0.923. The Bertz CT molecular complexity index is 556. The fourth-order valence-electron chi connectivity index (χ4n) is 1.47. The van der Waals surface area contributed by atoms with Crippen molar-refractivity contribution in [1.82, 2.24) is 9.29 Å². The van der Waals surface area contributed by atoms with Gasteiger partial charge in [0.1, 0.15) is 17.2 Å². The second-order valence-electron chi connectivity index (χ2n) is 4.10. The molecule has 0 fully saturated rings.